The standard InChI is InChI=1S/C22H24F2N2O3/c23-18-10-16(11-19(24)21(18)25)13-26(14-27)20(12-15-6-2-1-3-7-15)22(28)29-17-8-4-5-9-17/h1-3,6-7,10-11,14,17,20H,4-5,8-9,12-13,25H2. The first-order valence-electron chi connectivity index (χ1n) is 9.66. The number of rotatable bonds is 8. The van der Waals surface area contributed by atoms with Crippen LogP contribution in [0.25, 0.3) is 0 Å². The van der Waals surface area contributed by atoms with Crippen LogP contribution in [0.15, 0.2) is 42.5 Å². The van der Waals surface area contributed by atoms with Gasteiger partial charge in [0, 0.05) is 13.0 Å². The minimum absolute atomic E-state index is 0.144. The first-order valence-corrected chi connectivity index (χ1v) is 9.66. The lowest BCUT2D eigenvalue weighted by Gasteiger charge is -2.28. The van der Waals surface area contributed by atoms with Crippen molar-refractivity contribution < 1.29 is 23.1 Å². The van der Waals surface area contributed by atoms with Crippen molar-refractivity contribution in [1.82, 2.24) is 4.90 Å². The molecule has 1 atom stereocenters. The normalized spacial score (nSPS) is 15.1. The molecule has 1 amide bonds. The summed E-state index contributed by atoms with van der Waals surface area (Å²) < 4.78 is 33.2. The summed E-state index contributed by atoms with van der Waals surface area (Å²) in [6, 6.07) is 10.5. The Kier molecular flexibility index (Phi) is 6.80. The number of nitrogens with two attached hydrogens (primary N) is 1. The molecule has 154 valence electrons. The molecule has 0 aromatic heterocycles. The Balaban J connectivity index is 1.83. The van der Waals surface area contributed by atoms with E-state index in [1.54, 1.807) is 0 Å². The summed E-state index contributed by atoms with van der Waals surface area (Å²) in [6.45, 7) is -0.144. The molecule has 1 aliphatic carbocycles. The summed E-state index contributed by atoms with van der Waals surface area (Å²) in [7, 11) is 0. The molecule has 1 aliphatic rings. The zero-order valence-corrected chi connectivity index (χ0v) is 16.0. The average molecular weight is 402 g/mol. The fraction of sp³-hybridized carbons (Fsp3) is 0.364. The Hall–Kier alpha value is -2.96. The Morgan fingerprint density at radius 3 is 2.34 bits per heavy atom. The molecule has 2 aromatic rings. The van der Waals surface area contributed by atoms with Crippen molar-refractivity contribution in [2.45, 2.75) is 50.8 Å². The van der Waals surface area contributed by atoms with Crippen molar-refractivity contribution in [3.8, 4) is 0 Å². The molecule has 0 bridgehead atoms. The third-order valence-electron chi connectivity index (χ3n) is 5.17. The average Bonchev–Trinajstić information content (AvgIpc) is 3.22. The van der Waals surface area contributed by atoms with Crippen molar-refractivity contribution in [3.05, 3.63) is 65.2 Å². The number of carbonyl (C=O) groups is 2. The van der Waals surface area contributed by atoms with Crippen LogP contribution >= 0.6 is 0 Å². The molecule has 0 heterocycles. The van der Waals surface area contributed by atoms with Crippen LogP contribution in [-0.2, 0) is 27.3 Å². The van der Waals surface area contributed by atoms with Gasteiger partial charge in [0.2, 0.25) is 6.41 Å². The second kappa shape index (κ2) is 9.49. The lowest BCUT2D eigenvalue weighted by molar-refractivity contribution is -0.157. The molecular weight excluding hydrogens is 378 g/mol. The number of halogens is 2. The third kappa shape index (κ3) is 5.31. The number of esters is 1. The zero-order chi connectivity index (χ0) is 20.8. The molecule has 29 heavy (non-hydrogen) atoms. The Labute approximate surface area is 168 Å². The quantitative estimate of drug-likeness (QED) is 0.416. The summed E-state index contributed by atoms with van der Waals surface area (Å²) in [6.07, 6.45) is 4.21. The Morgan fingerprint density at radius 1 is 1.14 bits per heavy atom. The summed E-state index contributed by atoms with van der Waals surface area (Å²) in [5, 5.41) is 0. The maximum atomic E-state index is 13.8. The van der Waals surface area contributed by atoms with Gasteiger partial charge in [0.1, 0.15) is 29.5 Å². The summed E-state index contributed by atoms with van der Waals surface area (Å²) in [4.78, 5) is 25.9. The van der Waals surface area contributed by atoms with E-state index in [1.807, 2.05) is 30.3 Å². The highest BCUT2D eigenvalue weighted by Crippen LogP contribution is 2.24. The number of amides is 1. The number of ether oxygens (including phenoxy) is 1. The smallest absolute Gasteiger partial charge is 0.329 e. The van der Waals surface area contributed by atoms with Crippen LogP contribution in [0.2, 0.25) is 0 Å². The highest BCUT2D eigenvalue weighted by atomic mass is 19.1. The van der Waals surface area contributed by atoms with E-state index in [-0.39, 0.29) is 24.6 Å². The van der Waals surface area contributed by atoms with Gasteiger partial charge in [-0.1, -0.05) is 30.3 Å². The van der Waals surface area contributed by atoms with Crippen LogP contribution in [0.5, 0.6) is 0 Å². The largest absolute Gasteiger partial charge is 0.461 e. The van der Waals surface area contributed by atoms with Gasteiger partial charge in [0.15, 0.2) is 0 Å². The fourth-order valence-corrected chi connectivity index (χ4v) is 3.58. The third-order valence-corrected chi connectivity index (χ3v) is 5.17. The number of nitrogens with zero attached hydrogens (tertiary/aromatic N) is 1. The van der Waals surface area contributed by atoms with Gasteiger partial charge in [-0.3, -0.25) is 4.79 Å². The Morgan fingerprint density at radius 2 is 1.76 bits per heavy atom. The number of anilines is 1. The van der Waals surface area contributed by atoms with E-state index in [9.17, 15) is 18.4 Å². The SMILES string of the molecule is Nc1c(F)cc(CN(C=O)C(Cc2ccccc2)C(=O)OC2CCCC2)cc1F. The molecule has 1 fully saturated rings. The van der Waals surface area contributed by atoms with E-state index in [4.69, 9.17) is 10.5 Å². The monoisotopic (exact) mass is 402 g/mol. The van der Waals surface area contributed by atoms with E-state index in [0.717, 1.165) is 43.4 Å². The molecular formula is C22H24F2N2O3. The second-order valence-electron chi connectivity index (χ2n) is 7.30. The summed E-state index contributed by atoms with van der Waals surface area (Å²) in [5.74, 6) is -2.32. The molecule has 2 aromatic carbocycles. The van der Waals surface area contributed by atoms with Gasteiger partial charge in [0.05, 0.1) is 0 Å². The molecule has 0 spiro atoms. The van der Waals surface area contributed by atoms with Crippen molar-refractivity contribution in [1.29, 1.82) is 0 Å². The lowest BCUT2D eigenvalue weighted by atomic mass is 10.0. The van der Waals surface area contributed by atoms with E-state index in [0.29, 0.717) is 6.41 Å². The highest BCUT2D eigenvalue weighted by molar-refractivity contribution is 5.79. The van der Waals surface area contributed by atoms with E-state index in [1.165, 1.54) is 4.90 Å². The molecule has 5 nitrogen and oxygen atoms in total. The van der Waals surface area contributed by atoms with Crippen molar-refractivity contribution in [3.63, 3.8) is 0 Å². The molecule has 0 saturated heterocycles. The number of hydrogen-bond donors (Lipinski definition) is 1. The fourth-order valence-electron chi connectivity index (χ4n) is 3.58. The minimum atomic E-state index is -0.904. The molecule has 3 rings (SSSR count). The zero-order valence-electron chi connectivity index (χ0n) is 16.0. The summed E-state index contributed by atoms with van der Waals surface area (Å²) >= 11 is 0. The number of benzene rings is 2. The van der Waals surface area contributed by atoms with Crippen LogP contribution in [0.1, 0.15) is 36.8 Å². The minimum Gasteiger partial charge on any atom is -0.461 e. The maximum Gasteiger partial charge on any atom is 0.329 e. The molecule has 1 saturated carbocycles. The topological polar surface area (TPSA) is 72.6 Å². The Bertz CT molecular complexity index is 831. The summed E-state index contributed by atoms with van der Waals surface area (Å²) in [5.41, 5.74) is 5.78. The van der Waals surface area contributed by atoms with Crippen molar-refractivity contribution in [2.24, 2.45) is 0 Å². The number of nitrogen functional groups attached to an aromatic ring is 1. The van der Waals surface area contributed by atoms with Crippen molar-refractivity contribution >= 4 is 18.1 Å². The highest BCUT2D eigenvalue weighted by Gasteiger charge is 2.30. The van der Waals surface area contributed by atoms with Crippen LogP contribution in [0.4, 0.5) is 14.5 Å². The predicted molar refractivity (Wildman–Crippen MR) is 105 cm³/mol. The molecule has 1 unspecified atom stereocenters. The van der Waals surface area contributed by atoms with Crippen molar-refractivity contribution in [2.75, 3.05) is 5.73 Å². The maximum absolute atomic E-state index is 13.8. The van der Waals surface area contributed by atoms with Gasteiger partial charge in [-0.05, 0) is 48.9 Å². The van der Waals surface area contributed by atoms with Gasteiger partial charge in [-0.2, -0.15) is 0 Å². The van der Waals surface area contributed by atoms with Crippen LogP contribution in [-0.4, -0.2) is 29.4 Å². The van der Waals surface area contributed by atoms with Gasteiger partial charge in [-0.25, -0.2) is 13.6 Å². The van der Waals surface area contributed by atoms with E-state index in [2.05, 4.69) is 0 Å². The van der Waals surface area contributed by atoms with Crippen LogP contribution in [0, 0.1) is 11.6 Å². The predicted octanol–water partition coefficient (Wildman–Crippen LogP) is 3.60. The molecule has 7 heteroatoms. The van der Waals surface area contributed by atoms with E-state index < -0.39 is 29.3 Å². The first-order chi connectivity index (χ1) is 14.0. The lowest BCUT2D eigenvalue weighted by Crippen LogP contribution is -2.43. The van der Waals surface area contributed by atoms with Gasteiger partial charge >= 0.3 is 5.97 Å². The first kappa shape index (κ1) is 20.8. The number of hydrogen-bond acceptors (Lipinski definition) is 4. The van der Waals surface area contributed by atoms with Gasteiger partial charge < -0.3 is 15.4 Å². The second-order valence-corrected chi connectivity index (χ2v) is 7.30. The van der Waals surface area contributed by atoms with Gasteiger partial charge in [-0.15, -0.1) is 0 Å². The van der Waals surface area contributed by atoms with Crippen LogP contribution in [0.3, 0.4) is 0 Å². The van der Waals surface area contributed by atoms with Gasteiger partial charge in [0.25, 0.3) is 0 Å². The molecule has 0 radical (unpaired) electrons. The molecule has 0 aliphatic heterocycles. The molecule has 2 N–H and O–H groups in total. The van der Waals surface area contributed by atoms with E-state index >= 15 is 0 Å². The number of carbonyl (C=O) groups excluding carboxylic acids is 2. The van der Waals surface area contributed by atoms with Crippen LogP contribution < -0.4 is 5.73 Å².